The van der Waals surface area contributed by atoms with E-state index in [0.717, 1.165) is 10.6 Å². The van der Waals surface area contributed by atoms with Gasteiger partial charge in [0.25, 0.3) is 0 Å². The monoisotopic (exact) mass is 709 g/mol. The number of nitrogens with zero attached hydrogens (tertiary/aromatic N) is 3. The van der Waals surface area contributed by atoms with Gasteiger partial charge in [-0.05, 0) is 66.4 Å². The number of rotatable bonds is 14. The molecule has 0 aliphatic carbocycles. The summed E-state index contributed by atoms with van der Waals surface area (Å²) in [4.78, 5) is 21.4. The molecule has 1 aromatic carbocycles. The van der Waals surface area contributed by atoms with Gasteiger partial charge >= 0.3 is 5.97 Å². The Morgan fingerprint density at radius 1 is 0.979 bits per heavy atom. The van der Waals surface area contributed by atoms with Gasteiger partial charge in [-0.3, -0.25) is 4.79 Å². The van der Waals surface area contributed by atoms with E-state index in [9.17, 15) is 22.7 Å². The molecule has 9 nitrogen and oxygen atoms in total. The molecule has 0 bridgehead atoms. The van der Waals surface area contributed by atoms with Gasteiger partial charge in [0.05, 0.1) is 36.3 Å². The third-order valence-electron chi connectivity index (χ3n) is 9.30. The second-order valence-electron chi connectivity index (χ2n) is 15.7. The largest absolute Gasteiger partial charge is 0.481 e. The topological polar surface area (TPSA) is 119 Å². The molecule has 2 atom stereocenters. The normalized spacial score (nSPS) is 14.9. The molecule has 264 valence electrons. The number of carbonyl (C=O) groups is 1. The molecule has 47 heavy (non-hydrogen) atoms. The van der Waals surface area contributed by atoms with Crippen molar-refractivity contribution in [2.75, 3.05) is 17.6 Å². The molecule has 1 heterocycles. The van der Waals surface area contributed by atoms with Crippen LogP contribution in [0.25, 0.3) is 17.3 Å². The zero-order valence-electron chi connectivity index (χ0n) is 30.7. The summed E-state index contributed by atoms with van der Waals surface area (Å²) in [5.74, 6) is -1.48. The van der Waals surface area contributed by atoms with E-state index >= 15 is 0 Å². The number of benzene rings is 1. The van der Waals surface area contributed by atoms with Crippen molar-refractivity contribution in [2.45, 2.75) is 123 Å². The minimum Gasteiger partial charge on any atom is -0.481 e. The molecule has 0 saturated heterocycles. The smallest absolute Gasteiger partial charge is 0.305 e. The molecule has 0 fully saturated rings. The van der Waals surface area contributed by atoms with E-state index in [0.29, 0.717) is 28.9 Å². The van der Waals surface area contributed by atoms with Crippen LogP contribution >= 0.6 is 0 Å². The van der Waals surface area contributed by atoms with Crippen LogP contribution in [-0.4, -0.2) is 71.6 Å². The summed E-state index contributed by atoms with van der Waals surface area (Å²) >= 11 is 0. The number of carboxylic acids is 1. The number of aromatic nitrogens is 2. The summed E-state index contributed by atoms with van der Waals surface area (Å²) in [6, 6.07) is 5.86. The third-order valence-corrected chi connectivity index (χ3v) is 19.5. The van der Waals surface area contributed by atoms with Crippen molar-refractivity contribution in [3.05, 3.63) is 47.4 Å². The van der Waals surface area contributed by atoms with Crippen LogP contribution in [0.2, 0.25) is 36.3 Å². The summed E-state index contributed by atoms with van der Waals surface area (Å²) in [5, 5.41) is 9.63. The van der Waals surface area contributed by atoms with Gasteiger partial charge in [0.1, 0.15) is 5.82 Å². The molecule has 2 aromatic rings. The first kappa shape index (κ1) is 40.7. The maximum Gasteiger partial charge on any atom is 0.305 e. The van der Waals surface area contributed by atoms with Crippen LogP contribution in [-0.2, 0) is 23.7 Å². The molecular weight excluding hydrogens is 654 g/mol. The van der Waals surface area contributed by atoms with Crippen molar-refractivity contribution < 1.29 is 31.6 Å². The third kappa shape index (κ3) is 11.0. The highest BCUT2D eigenvalue weighted by Gasteiger charge is 2.42. The summed E-state index contributed by atoms with van der Waals surface area (Å²) < 4.78 is 53.6. The second-order valence-corrected chi connectivity index (χ2v) is 27.2. The lowest BCUT2D eigenvalue weighted by atomic mass is 9.97. The van der Waals surface area contributed by atoms with Crippen LogP contribution in [0.15, 0.2) is 30.3 Å². The molecule has 0 aliphatic rings. The number of hydrogen-bond donors (Lipinski definition) is 1. The lowest BCUT2D eigenvalue weighted by Gasteiger charge is -2.42. The van der Waals surface area contributed by atoms with Crippen LogP contribution < -0.4 is 4.31 Å². The van der Waals surface area contributed by atoms with Crippen molar-refractivity contribution in [3.8, 4) is 11.3 Å². The Bertz CT molecular complexity index is 1530. The lowest BCUT2D eigenvalue weighted by molar-refractivity contribution is -0.139. The fourth-order valence-electron chi connectivity index (χ4n) is 4.34. The Kier molecular flexibility index (Phi) is 13.0. The number of sulfonamides is 1. The van der Waals surface area contributed by atoms with Crippen LogP contribution in [0.4, 0.5) is 10.3 Å². The fraction of sp³-hybridized carbons (Fsp3) is 0.618. The standard InChI is InChI=1S/C34H56FN3O6SSi2/c1-23(2)30-28(31(24-15-17-25(35)18-16-24)37-32(36-30)38(9)45(10,41)42)20-19-26(43-46(11,12)33(3,4)5)21-27(22-29(39)40)44-47(13,14)34(6,7)8/h15-20,23,26-27H,21-22H2,1-14H3,(H,39,40). The zero-order valence-corrected chi connectivity index (χ0v) is 33.5. The molecule has 0 radical (unpaired) electrons. The Morgan fingerprint density at radius 2 is 1.49 bits per heavy atom. The molecule has 2 unspecified atom stereocenters. The van der Waals surface area contributed by atoms with E-state index in [4.69, 9.17) is 13.8 Å². The molecule has 1 aromatic heterocycles. The summed E-state index contributed by atoms with van der Waals surface area (Å²) in [7, 11) is -6.97. The first-order chi connectivity index (χ1) is 21.2. The predicted octanol–water partition coefficient (Wildman–Crippen LogP) is 8.46. The molecular formula is C34H56FN3O6SSi2. The van der Waals surface area contributed by atoms with Gasteiger partial charge < -0.3 is 14.0 Å². The number of aliphatic carboxylic acids is 1. The average Bonchev–Trinajstić information content (AvgIpc) is 2.88. The minimum atomic E-state index is -3.67. The van der Waals surface area contributed by atoms with Gasteiger partial charge in [-0.25, -0.2) is 27.1 Å². The Labute approximate surface area is 284 Å². The maximum atomic E-state index is 14.0. The van der Waals surface area contributed by atoms with E-state index in [2.05, 4.69) is 72.7 Å². The zero-order chi connectivity index (χ0) is 36.3. The average molecular weight is 710 g/mol. The Morgan fingerprint density at radius 3 is 1.94 bits per heavy atom. The lowest BCUT2D eigenvalue weighted by Crippen LogP contribution is -2.47. The predicted molar refractivity (Wildman–Crippen MR) is 195 cm³/mol. The first-order valence-electron chi connectivity index (χ1n) is 16.0. The van der Waals surface area contributed by atoms with E-state index in [1.807, 2.05) is 26.0 Å². The van der Waals surface area contributed by atoms with Gasteiger partial charge in [0, 0.05) is 24.6 Å². The highest BCUT2D eigenvalue weighted by atomic mass is 32.2. The van der Waals surface area contributed by atoms with Crippen LogP contribution in [0.3, 0.4) is 0 Å². The van der Waals surface area contributed by atoms with E-state index in [-0.39, 0.29) is 28.4 Å². The number of halogens is 1. The number of carboxylic acid groups (broad SMARTS) is 1. The van der Waals surface area contributed by atoms with Gasteiger partial charge in [0.15, 0.2) is 16.6 Å². The van der Waals surface area contributed by atoms with Crippen molar-refractivity contribution in [1.82, 2.24) is 9.97 Å². The number of anilines is 1. The van der Waals surface area contributed by atoms with Crippen molar-refractivity contribution in [2.24, 2.45) is 0 Å². The molecule has 1 N–H and O–H groups in total. The highest BCUT2D eigenvalue weighted by molar-refractivity contribution is 7.92. The van der Waals surface area contributed by atoms with E-state index in [1.54, 1.807) is 12.1 Å². The van der Waals surface area contributed by atoms with Gasteiger partial charge in [-0.2, -0.15) is 0 Å². The SMILES string of the molecule is CC(C)c1nc(N(C)S(C)(=O)=O)nc(-c2ccc(F)cc2)c1C=CC(CC(CC(=O)O)O[Si](C)(C)C(C)(C)C)O[Si](C)(C)C(C)(C)C. The Balaban J connectivity index is 2.83. The molecule has 13 heteroatoms. The highest BCUT2D eigenvalue weighted by Crippen LogP contribution is 2.41. The molecule has 0 amide bonds. The van der Waals surface area contributed by atoms with Crippen molar-refractivity contribution in [1.29, 1.82) is 0 Å². The maximum absolute atomic E-state index is 14.0. The van der Waals surface area contributed by atoms with Crippen LogP contribution in [0, 0.1) is 5.82 Å². The Hall–Kier alpha value is -2.46. The second kappa shape index (κ2) is 15.0. The quantitative estimate of drug-likeness (QED) is 0.194. The van der Waals surface area contributed by atoms with Gasteiger partial charge in [-0.15, -0.1) is 0 Å². The summed E-state index contributed by atoms with van der Waals surface area (Å²) in [6.45, 7) is 25.2. The number of hydrogen-bond acceptors (Lipinski definition) is 7. The van der Waals surface area contributed by atoms with Crippen LogP contribution in [0.5, 0.6) is 0 Å². The van der Waals surface area contributed by atoms with Crippen molar-refractivity contribution >= 4 is 44.7 Å². The molecule has 0 spiro atoms. The van der Waals surface area contributed by atoms with Gasteiger partial charge in [0.2, 0.25) is 16.0 Å². The van der Waals surface area contributed by atoms with Crippen LogP contribution in [0.1, 0.15) is 85.4 Å². The minimum absolute atomic E-state index is 0.00559. The molecule has 0 aliphatic heterocycles. The summed E-state index contributed by atoms with van der Waals surface area (Å²) in [5.41, 5.74) is 2.27. The summed E-state index contributed by atoms with van der Waals surface area (Å²) in [6.07, 6.45) is 3.94. The van der Waals surface area contributed by atoms with E-state index in [1.165, 1.54) is 19.2 Å². The van der Waals surface area contributed by atoms with E-state index < -0.39 is 50.7 Å². The molecule has 0 saturated carbocycles. The van der Waals surface area contributed by atoms with Gasteiger partial charge in [-0.1, -0.05) is 67.5 Å². The van der Waals surface area contributed by atoms with Crippen molar-refractivity contribution in [3.63, 3.8) is 0 Å². The fourth-order valence-corrected chi connectivity index (χ4v) is 7.37. The molecule has 2 rings (SSSR count). The first-order valence-corrected chi connectivity index (χ1v) is 23.7.